The largest absolute Gasteiger partial charge is 0 e. The average Bonchev–Trinajstić information content (AvgIpc) is 0. The van der Waals surface area contributed by atoms with Gasteiger partial charge in [-0.2, -0.15) is 0 Å². The minimum atomic E-state index is 0. The standard InChI is InChI=1S/19Rf. The molecule has 0 unspecified atom stereocenters. The van der Waals surface area contributed by atoms with E-state index >= 15 is 0 Å². The van der Waals surface area contributed by atoms with Crippen molar-refractivity contribution in [2.75, 3.05) is 0 Å². The van der Waals surface area contributed by atoms with Gasteiger partial charge in [-0.25, -0.2) is 0 Å². The molecule has 0 aromatic carbocycles. The van der Waals surface area contributed by atoms with E-state index in [0.29, 0.717) is 0 Å². The summed E-state index contributed by atoms with van der Waals surface area (Å²) >= 11 is 0. The van der Waals surface area contributed by atoms with Gasteiger partial charge in [0.05, 0.1) is 0 Å². The van der Waals surface area contributed by atoms with Crippen molar-refractivity contribution in [2.45, 2.75) is 0 Å². The van der Waals surface area contributed by atoms with E-state index in [9.17, 15) is 0 Å². The third kappa shape index (κ3) is -0.0249. The Morgan fingerprint density at radius 2 is 0.0526 bits per heavy atom. The average molecular weight is 5070 g/mol. The number of rotatable bonds is 0. The molecule has 0 fully saturated rings. The van der Waals surface area contributed by atoms with Gasteiger partial charge in [0.15, 0.2) is 0 Å². The van der Waals surface area contributed by atoms with Crippen LogP contribution >= 0.6 is 0 Å². The molecule has 0 N–H and O–H groups in total. The molecule has 19 heteroatoms. The Balaban J connectivity index is 0. The van der Waals surface area contributed by atoms with E-state index in [1.165, 1.54) is 0 Å². The van der Waals surface area contributed by atoms with E-state index < -0.39 is 0 Å². The minimum Gasteiger partial charge on any atom is 0 e. The van der Waals surface area contributed by atoms with Gasteiger partial charge in [-0.3, -0.25) is 0 Å². The summed E-state index contributed by atoms with van der Waals surface area (Å²) in [4.78, 5) is 0. The van der Waals surface area contributed by atoms with Crippen LogP contribution in [-0.2, 0) is 0 Å². The predicted molar refractivity (Wildman–Crippen MR) is 0 cm³/mol. The van der Waals surface area contributed by atoms with Gasteiger partial charge in [-0.15, -0.1) is 0 Å². The summed E-state index contributed by atoms with van der Waals surface area (Å²) in [6.07, 6.45) is 0. The molecule has 0 heterocycles. The van der Waals surface area contributed by atoms with E-state index in [0.717, 1.165) is 0 Å². The second-order valence-electron chi connectivity index (χ2n) is 0. The molecule has 0 saturated carbocycles. The molecule has 0 aromatic rings. The van der Waals surface area contributed by atoms with Crippen LogP contribution in [0.1, 0.15) is 0 Å². The zero-order valence-corrected chi connectivity index (χ0v) is 135. The molecule has 0 aliphatic heterocycles. The molecule has 0 aliphatic carbocycles. The van der Waals surface area contributed by atoms with Gasteiger partial charge < -0.3 is 0 Å². The van der Waals surface area contributed by atoms with Crippen LogP contribution in [0, 0.1) is 0 Å². The van der Waals surface area contributed by atoms with Crippen LogP contribution in [0.5, 0.6) is 0 Å². The molecule has 0 rings (SSSR count). The molecule has 0 bridgehead atoms. The van der Waals surface area contributed by atoms with Crippen LogP contribution in [0.3, 0.4) is 0 Å². The van der Waals surface area contributed by atoms with Crippen LogP contribution in [-0.4, -0.2) is 0 Å². The summed E-state index contributed by atoms with van der Waals surface area (Å²) in [6, 6.07) is 0. The Kier molecular flexibility index (Phi) is 0. The first kappa shape index (κ1) is 0. The normalized spacial score (nSPS) is 0. The van der Waals surface area contributed by atoms with Gasteiger partial charge in [0.1, 0.15) is 0 Å². The molecule has 19 heavy (non-hydrogen) atoms. The van der Waals surface area contributed by atoms with Crippen molar-refractivity contribution in [1.29, 1.82) is 0 Å². The second-order valence-corrected chi connectivity index (χ2v) is 0. The Morgan fingerprint density at radius 1 is 0.0526 bits per heavy atom. The molecular weight excluding hydrogens is 5070 g/mol. The van der Waals surface area contributed by atoms with Crippen LogP contribution in [0.4, 0.5) is 0 Å². The molecule has 0 saturated heterocycles. The van der Waals surface area contributed by atoms with E-state index in [1.807, 2.05) is 0 Å². The van der Waals surface area contributed by atoms with E-state index in [4.69, 9.17) is 0 Å². The van der Waals surface area contributed by atoms with Crippen LogP contribution in [0.2, 0.25) is 0 Å². The SMILES string of the molecule is [Rf].[Rf].[Rf].[Rf].[Rf].[Rf].[Rf].[Rf].[Rf].[Rf].[Rf].[Rf].[Rf].[Rf].[Rf].[Rf].[Rf].[Rf].[Rf]. The maximum atomic E-state index is 0. The number of hydrogen-bond acceptors (Lipinski definition) is 0. The molecule has 0 nitrogen and oxygen atoms in total. The molecule has 0 atom stereocenters. The summed E-state index contributed by atoms with van der Waals surface area (Å²) < 4.78 is 0. The fourth-order valence-electron chi connectivity index (χ4n) is 0. The second kappa shape index (κ2) is -0.0111. The number of hydrogen-bond donors (Lipinski definition) is 0. The first-order valence-electron chi connectivity index (χ1n) is 0. The molecule has 0 aromatic heterocycles. The summed E-state index contributed by atoms with van der Waals surface area (Å²) in [5.41, 5.74) is 0. The monoisotopic (exact) mass is 5080 g/mol. The predicted octanol–water partition coefficient (Wildman–Crippen LogP) is 0. The van der Waals surface area contributed by atoms with Crippen molar-refractivity contribution in [1.82, 2.24) is 0 Å². The Bertz CT molecular complexity index is 0. The first-order valence-corrected chi connectivity index (χ1v) is 0. The molecule has 0 radical (unpaired) electrons. The van der Waals surface area contributed by atoms with E-state index in [1.54, 1.807) is 0 Å². The zero-order valence-electron chi connectivity index (χ0n) is 13.4. The molecule has 0 spiro atoms. The van der Waals surface area contributed by atoms with Gasteiger partial charge >= 0.3 is 0 Å². The van der Waals surface area contributed by atoms with Crippen LogP contribution in [0.25, 0.3) is 0 Å². The van der Waals surface area contributed by atoms with Gasteiger partial charge in [-0.05, 0) is 0 Å². The first-order chi connectivity index (χ1) is 0. The molecule has 0 aliphatic rings. The Labute approximate surface area is 0 Å². The van der Waals surface area contributed by atoms with Gasteiger partial charge in [0.2, 0.25) is 0 Å². The third-order valence-electron chi connectivity index (χ3n) is 0. The summed E-state index contributed by atoms with van der Waals surface area (Å²) in [7, 11) is 0. The van der Waals surface area contributed by atoms with Crippen molar-refractivity contribution < 1.29 is 0 Å². The quantitative estimate of drug-likeness (QED) is 0.321. The van der Waals surface area contributed by atoms with Crippen molar-refractivity contribution in [3.05, 3.63) is 0 Å². The zero-order chi connectivity index (χ0) is 0. The maximum Gasteiger partial charge on any atom is 0 e. The van der Waals surface area contributed by atoms with Crippen molar-refractivity contribution in [2.24, 2.45) is 0 Å². The summed E-state index contributed by atoms with van der Waals surface area (Å²) in [5.74, 6) is 0. The fourth-order valence-corrected chi connectivity index (χ4v) is 0. The van der Waals surface area contributed by atoms with Gasteiger partial charge in [0.25, 0.3) is 0 Å². The van der Waals surface area contributed by atoms with E-state index in [2.05, 4.69) is 0 Å². The van der Waals surface area contributed by atoms with Gasteiger partial charge in [-0.1, -0.05) is 0 Å². The molecule has 0 amide bonds. The smallest absolute Gasteiger partial charge is 0 e. The van der Waals surface area contributed by atoms with E-state index in [-0.39, 0.29) is 0 Å². The fraction of sp³-hybridized carbons (Fsp3) is 0. The molecular formula is Rf19. The Morgan fingerprint density at radius 3 is 0.0526 bits per heavy atom. The van der Waals surface area contributed by atoms with Crippen molar-refractivity contribution >= 4 is 0 Å². The Hall–Kier alpha value is -19.0. The van der Waals surface area contributed by atoms with Crippen molar-refractivity contribution in [3.63, 3.8) is 0 Å². The van der Waals surface area contributed by atoms with Gasteiger partial charge in [0, 0.05) is 0 Å². The van der Waals surface area contributed by atoms with Crippen LogP contribution in [0.15, 0.2) is 0 Å². The molecule has 38 valence electrons. The third-order valence-corrected chi connectivity index (χ3v) is 0. The maximum absolute atomic E-state index is 0. The summed E-state index contributed by atoms with van der Waals surface area (Å²) in [6.45, 7) is 0. The van der Waals surface area contributed by atoms with Crippen molar-refractivity contribution in [3.8, 4) is 0 Å². The topological polar surface area (TPSA) is 0 Å². The minimum absolute atomic E-state index is 0. The summed E-state index contributed by atoms with van der Waals surface area (Å²) in [5, 5.41) is 0. The van der Waals surface area contributed by atoms with Crippen LogP contribution < -0.4 is 0 Å².